The molecule has 0 saturated carbocycles. The fourth-order valence-corrected chi connectivity index (χ4v) is 2.28. The van der Waals surface area contributed by atoms with Crippen molar-refractivity contribution in [1.82, 2.24) is 4.98 Å². The molecule has 1 aromatic heterocycles. The van der Waals surface area contributed by atoms with Crippen LogP contribution in [0.3, 0.4) is 0 Å². The van der Waals surface area contributed by atoms with E-state index in [-0.39, 0.29) is 5.84 Å². The summed E-state index contributed by atoms with van der Waals surface area (Å²) in [7, 11) is 2.00. The fourth-order valence-electron chi connectivity index (χ4n) is 1.95. The lowest BCUT2D eigenvalue weighted by molar-refractivity contribution is 0.875. The van der Waals surface area contributed by atoms with Gasteiger partial charge in [-0.1, -0.05) is 11.6 Å². The van der Waals surface area contributed by atoms with Crippen LogP contribution >= 0.6 is 11.6 Å². The second-order valence-corrected chi connectivity index (χ2v) is 5.01. The molecule has 5 heteroatoms. The van der Waals surface area contributed by atoms with E-state index >= 15 is 0 Å². The number of anilines is 1. The topological polar surface area (TPSA) is 66.0 Å². The molecule has 0 unspecified atom stereocenters. The van der Waals surface area contributed by atoms with Crippen LogP contribution in [0.4, 0.5) is 5.69 Å². The first kappa shape index (κ1) is 14.3. The van der Waals surface area contributed by atoms with Crippen LogP contribution in [0.5, 0.6) is 0 Å². The van der Waals surface area contributed by atoms with Crippen molar-refractivity contribution in [1.29, 1.82) is 5.41 Å². The quantitative estimate of drug-likeness (QED) is 0.657. The van der Waals surface area contributed by atoms with Gasteiger partial charge in [0.1, 0.15) is 5.84 Å². The lowest BCUT2D eigenvalue weighted by Gasteiger charge is -2.21. The average molecular weight is 289 g/mol. The molecule has 0 amide bonds. The van der Waals surface area contributed by atoms with E-state index in [1.165, 1.54) is 5.56 Å². The molecule has 0 atom stereocenters. The molecule has 2 rings (SSSR count). The Kier molecular flexibility index (Phi) is 4.58. The number of hydrogen-bond donors (Lipinski definition) is 2. The molecule has 0 spiro atoms. The van der Waals surface area contributed by atoms with Crippen LogP contribution in [0, 0.1) is 5.41 Å². The number of benzene rings is 1. The van der Waals surface area contributed by atoms with E-state index in [1.54, 1.807) is 18.5 Å². The summed E-state index contributed by atoms with van der Waals surface area (Å²) < 4.78 is 0. The third kappa shape index (κ3) is 3.48. The first-order valence-corrected chi connectivity index (χ1v) is 6.69. The number of nitrogens with two attached hydrogens (primary N) is 1. The predicted molar refractivity (Wildman–Crippen MR) is 83.7 cm³/mol. The number of halogens is 1. The SMILES string of the molecule is CN(CCc1ccncc1)c1ccc(C(=N)N)cc1Cl. The molecule has 0 aliphatic rings. The summed E-state index contributed by atoms with van der Waals surface area (Å²) in [5.41, 5.74) is 8.26. The minimum atomic E-state index is 0.0258. The molecule has 2 aromatic rings. The number of nitrogens with one attached hydrogen (secondary N) is 1. The Balaban J connectivity index is 2.06. The summed E-state index contributed by atoms with van der Waals surface area (Å²) >= 11 is 6.25. The Morgan fingerprint density at radius 3 is 2.60 bits per heavy atom. The Morgan fingerprint density at radius 1 is 1.30 bits per heavy atom. The number of amidine groups is 1. The van der Waals surface area contributed by atoms with E-state index < -0.39 is 0 Å². The molecular weight excluding hydrogens is 272 g/mol. The molecule has 0 radical (unpaired) electrons. The number of pyridine rings is 1. The first-order chi connectivity index (χ1) is 9.58. The number of hydrogen-bond acceptors (Lipinski definition) is 3. The molecule has 0 aliphatic carbocycles. The first-order valence-electron chi connectivity index (χ1n) is 6.32. The number of likely N-dealkylation sites (N-methyl/N-ethyl adjacent to an activating group) is 1. The van der Waals surface area contributed by atoms with Crippen LogP contribution in [-0.2, 0) is 6.42 Å². The highest BCUT2D eigenvalue weighted by molar-refractivity contribution is 6.33. The van der Waals surface area contributed by atoms with Crippen molar-refractivity contribution in [2.24, 2.45) is 5.73 Å². The van der Waals surface area contributed by atoms with Crippen LogP contribution in [0.15, 0.2) is 42.7 Å². The number of aromatic nitrogens is 1. The molecule has 20 heavy (non-hydrogen) atoms. The van der Waals surface area contributed by atoms with E-state index in [4.69, 9.17) is 22.7 Å². The summed E-state index contributed by atoms with van der Waals surface area (Å²) in [4.78, 5) is 6.09. The lowest BCUT2D eigenvalue weighted by atomic mass is 10.1. The molecule has 1 heterocycles. The zero-order chi connectivity index (χ0) is 14.5. The monoisotopic (exact) mass is 288 g/mol. The van der Waals surface area contributed by atoms with Gasteiger partial charge in [-0.3, -0.25) is 10.4 Å². The number of nitrogen functional groups attached to an aromatic ring is 1. The maximum absolute atomic E-state index is 7.40. The molecule has 4 nitrogen and oxygen atoms in total. The van der Waals surface area contributed by atoms with E-state index in [0.29, 0.717) is 10.6 Å². The highest BCUT2D eigenvalue weighted by Gasteiger charge is 2.08. The van der Waals surface area contributed by atoms with Gasteiger partial charge in [0, 0.05) is 31.5 Å². The van der Waals surface area contributed by atoms with Crippen molar-refractivity contribution in [3.8, 4) is 0 Å². The smallest absolute Gasteiger partial charge is 0.122 e. The predicted octanol–water partition coefficient (Wildman–Crippen LogP) is 2.70. The van der Waals surface area contributed by atoms with Crippen LogP contribution in [0.2, 0.25) is 5.02 Å². The highest BCUT2D eigenvalue weighted by Crippen LogP contribution is 2.26. The van der Waals surface area contributed by atoms with Gasteiger partial charge in [-0.25, -0.2) is 0 Å². The third-order valence-corrected chi connectivity index (χ3v) is 3.46. The molecule has 104 valence electrons. The standard InChI is InChI=1S/C15H17ClN4/c1-20(9-6-11-4-7-19-8-5-11)14-3-2-12(15(17)18)10-13(14)16/h2-5,7-8,10H,6,9H2,1H3,(H3,17,18). The van der Waals surface area contributed by atoms with Crippen molar-refractivity contribution in [2.75, 3.05) is 18.5 Å². The summed E-state index contributed by atoms with van der Waals surface area (Å²) in [6.45, 7) is 0.850. The van der Waals surface area contributed by atoms with Gasteiger partial charge in [-0.05, 0) is 42.3 Å². The van der Waals surface area contributed by atoms with Gasteiger partial charge in [0.05, 0.1) is 10.7 Å². The van der Waals surface area contributed by atoms with Gasteiger partial charge in [-0.2, -0.15) is 0 Å². The van der Waals surface area contributed by atoms with Gasteiger partial charge in [-0.15, -0.1) is 0 Å². The average Bonchev–Trinajstić information content (AvgIpc) is 2.45. The Bertz CT molecular complexity index is 598. The van der Waals surface area contributed by atoms with Crippen LogP contribution in [0.1, 0.15) is 11.1 Å². The molecule has 3 N–H and O–H groups in total. The van der Waals surface area contributed by atoms with Gasteiger partial charge >= 0.3 is 0 Å². The Morgan fingerprint density at radius 2 is 2.00 bits per heavy atom. The molecule has 1 aromatic carbocycles. The van der Waals surface area contributed by atoms with E-state index in [9.17, 15) is 0 Å². The summed E-state index contributed by atoms with van der Waals surface area (Å²) in [5.74, 6) is 0.0258. The van der Waals surface area contributed by atoms with E-state index in [0.717, 1.165) is 18.7 Å². The summed E-state index contributed by atoms with van der Waals surface area (Å²) in [6, 6.07) is 9.45. The summed E-state index contributed by atoms with van der Waals surface area (Å²) in [6.07, 6.45) is 4.51. The molecule has 0 bridgehead atoms. The minimum absolute atomic E-state index is 0.0258. The van der Waals surface area contributed by atoms with E-state index in [2.05, 4.69) is 9.88 Å². The van der Waals surface area contributed by atoms with Gasteiger partial charge < -0.3 is 10.6 Å². The van der Waals surface area contributed by atoms with Gasteiger partial charge in [0.15, 0.2) is 0 Å². The van der Waals surface area contributed by atoms with Crippen LogP contribution in [-0.4, -0.2) is 24.4 Å². The van der Waals surface area contributed by atoms with Gasteiger partial charge in [0.25, 0.3) is 0 Å². The largest absolute Gasteiger partial charge is 0.384 e. The van der Waals surface area contributed by atoms with Gasteiger partial charge in [0.2, 0.25) is 0 Å². The zero-order valence-corrected chi connectivity index (χ0v) is 12.1. The minimum Gasteiger partial charge on any atom is -0.384 e. The van der Waals surface area contributed by atoms with E-state index in [1.807, 2.05) is 31.3 Å². The molecule has 0 aliphatic heterocycles. The van der Waals surface area contributed by atoms with Crippen molar-refractivity contribution >= 4 is 23.1 Å². The number of rotatable bonds is 5. The third-order valence-electron chi connectivity index (χ3n) is 3.16. The van der Waals surface area contributed by atoms with Crippen molar-refractivity contribution in [3.63, 3.8) is 0 Å². The maximum atomic E-state index is 7.40. The van der Waals surface area contributed by atoms with Crippen molar-refractivity contribution < 1.29 is 0 Å². The second kappa shape index (κ2) is 6.39. The lowest BCUT2D eigenvalue weighted by Crippen LogP contribution is -2.21. The highest BCUT2D eigenvalue weighted by atomic mass is 35.5. The zero-order valence-electron chi connectivity index (χ0n) is 11.3. The van der Waals surface area contributed by atoms with Crippen LogP contribution < -0.4 is 10.6 Å². The Hall–Kier alpha value is -2.07. The number of nitrogens with zero attached hydrogens (tertiary/aromatic N) is 2. The maximum Gasteiger partial charge on any atom is 0.122 e. The van der Waals surface area contributed by atoms with Crippen LogP contribution in [0.25, 0.3) is 0 Å². The van der Waals surface area contributed by atoms with Crippen molar-refractivity contribution in [2.45, 2.75) is 6.42 Å². The summed E-state index contributed by atoms with van der Waals surface area (Å²) in [5, 5.41) is 8.01. The molecule has 0 fully saturated rings. The normalized spacial score (nSPS) is 10.3. The Labute approximate surface area is 123 Å². The fraction of sp³-hybridized carbons (Fsp3) is 0.200. The molecule has 0 saturated heterocycles. The second-order valence-electron chi connectivity index (χ2n) is 4.61. The van der Waals surface area contributed by atoms with Crippen molar-refractivity contribution in [3.05, 3.63) is 58.9 Å². The molecular formula is C15H17ClN4.